The SMILES string of the molecule is O=C(COC(=O)c1cc2ccccc2[nH]1)c1ccc2c(c1)CCCC2. The van der Waals surface area contributed by atoms with E-state index in [1.165, 1.54) is 24.0 Å². The van der Waals surface area contributed by atoms with Gasteiger partial charge in [-0.25, -0.2) is 4.79 Å². The molecule has 1 aliphatic carbocycles. The number of ether oxygens (including phenoxy) is 1. The maximum atomic E-state index is 12.4. The molecule has 1 heterocycles. The van der Waals surface area contributed by atoms with Gasteiger partial charge in [0.15, 0.2) is 12.4 Å². The average molecular weight is 333 g/mol. The first-order valence-corrected chi connectivity index (χ1v) is 8.60. The van der Waals surface area contributed by atoms with Crippen molar-refractivity contribution in [2.75, 3.05) is 6.61 Å². The van der Waals surface area contributed by atoms with Gasteiger partial charge in [0.2, 0.25) is 0 Å². The summed E-state index contributed by atoms with van der Waals surface area (Å²) < 4.78 is 5.20. The number of ketones is 1. The largest absolute Gasteiger partial charge is 0.453 e. The number of aromatic amines is 1. The summed E-state index contributed by atoms with van der Waals surface area (Å²) in [5, 5.41) is 0.940. The van der Waals surface area contributed by atoms with E-state index in [-0.39, 0.29) is 12.4 Å². The van der Waals surface area contributed by atoms with Gasteiger partial charge in [-0.2, -0.15) is 0 Å². The van der Waals surface area contributed by atoms with Crippen molar-refractivity contribution in [3.05, 3.63) is 70.9 Å². The second-order valence-electron chi connectivity index (χ2n) is 6.46. The quantitative estimate of drug-likeness (QED) is 0.578. The molecule has 25 heavy (non-hydrogen) atoms. The standard InChI is InChI=1S/C21H19NO3/c23-20(17-10-9-14-5-1-2-6-15(14)11-17)13-25-21(24)19-12-16-7-3-4-8-18(16)22-19/h3-4,7-12,22H,1-2,5-6,13H2. The van der Waals surface area contributed by atoms with Crippen LogP contribution in [0.1, 0.15) is 44.8 Å². The van der Waals surface area contributed by atoms with Crippen molar-refractivity contribution in [3.8, 4) is 0 Å². The van der Waals surface area contributed by atoms with Crippen molar-refractivity contribution in [2.45, 2.75) is 25.7 Å². The Morgan fingerprint density at radius 2 is 1.76 bits per heavy atom. The van der Waals surface area contributed by atoms with Crippen molar-refractivity contribution in [1.82, 2.24) is 4.98 Å². The van der Waals surface area contributed by atoms with Crippen LogP contribution in [-0.4, -0.2) is 23.3 Å². The van der Waals surface area contributed by atoms with Crippen molar-refractivity contribution < 1.29 is 14.3 Å². The molecule has 0 saturated carbocycles. The van der Waals surface area contributed by atoms with Crippen LogP contribution in [0.3, 0.4) is 0 Å². The van der Waals surface area contributed by atoms with Gasteiger partial charge in [0.05, 0.1) is 0 Å². The van der Waals surface area contributed by atoms with Gasteiger partial charge in [-0.15, -0.1) is 0 Å². The lowest BCUT2D eigenvalue weighted by atomic mass is 9.90. The maximum absolute atomic E-state index is 12.4. The normalized spacial score (nSPS) is 13.4. The number of fused-ring (bicyclic) bond motifs is 2. The molecule has 0 amide bonds. The highest BCUT2D eigenvalue weighted by Gasteiger charge is 2.16. The molecule has 0 unspecified atom stereocenters. The summed E-state index contributed by atoms with van der Waals surface area (Å²) in [6, 6.07) is 15.2. The zero-order chi connectivity index (χ0) is 17.2. The molecule has 0 aliphatic heterocycles. The van der Waals surface area contributed by atoms with Crippen LogP contribution in [0.2, 0.25) is 0 Å². The number of Topliss-reactive ketones (excluding diaryl/α,β-unsaturated/α-hetero) is 1. The minimum absolute atomic E-state index is 0.169. The van der Waals surface area contributed by atoms with Gasteiger partial charge in [-0.1, -0.05) is 30.3 Å². The summed E-state index contributed by atoms with van der Waals surface area (Å²) in [5.74, 6) is -0.680. The summed E-state index contributed by atoms with van der Waals surface area (Å²) in [4.78, 5) is 27.5. The van der Waals surface area contributed by atoms with Gasteiger partial charge in [-0.3, -0.25) is 4.79 Å². The highest BCUT2D eigenvalue weighted by molar-refractivity contribution is 6.00. The molecule has 0 fully saturated rings. The number of H-pyrrole nitrogens is 1. The topological polar surface area (TPSA) is 59.2 Å². The Kier molecular flexibility index (Phi) is 4.10. The third-order valence-corrected chi connectivity index (χ3v) is 4.75. The molecule has 2 aromatic carbocycles. The molecular weight excluding hydrogens is 314 g/mol. The van der Waals surface area contributed by atoms with Crippen molar-refractivity contribution in [1.29, 1.82) is 0 Å². The average Bonchev–Trinajstić information content (AvgIpc) is 3.09. The molecule has 1 aliphatic rings. The lowest BCUT2D eigenvalue weighted by Gasteiger charge is -2.16. The van der Waals surface area contributed by atoms with E-state index in [0.717, 1.165) is 23.7 Å². The molecule has 4 heteroatoms. The van der Waals surface area contributed by atoms with E-state index < -0.39 is 5.97 Å². The van der Waals surface area contributed by atoms with Crippen molar-refractivity contribution in [3.63, 3.8) is 0 Å². The van der Waals surface area contributed by atoms with Crippen molar-refractivity contribution in [2.24, 2.45) is 0 Å². The van der Waals surface area contributed by atoms with Gasteiger partial charge >= 0.3 is 5.97 Å². The molecule has 4 nitrogen and oxygen atoms in total. The van der Waals surface area contributed by atoms with Crippen LogP contribution in [0.25, 0.3) is 10.9 Å². The second kappa shape index (κ2) is 6.55. The zero-order valence-electron chi connectivity index (χ0n) is 13.9. The van der Waals surface area contributed by atoms with E-state index in [1.807, 2.05) is 42.5 Å². The highest BCUT2D eigenvalue weighted by atomic mass is 16.5. The summed E-state index contributed by atoms with van der Waals surface area (Å²) in [6.07, 6.45) is 4.48. The minimum atomic E-state index is -0.512. The second-order valence-corrected chi connectivity index (χ2v) is 6.46. The van der Waals surface area contributed by atoms with Crippen LogP contribution in [0.5, 0.6) is 0 Å². The molecule has 0 bridgehead atoms. The van der Waals surface area contributed by atoms with E-state index in [0.29, 0.717) is 11.3 Å². The van der Waals surface area contributed by atoms with Crippen LogP contribution >= 0.6 is 0 Å². The molecule has 1 N–H and O–H groups in total. The summed E-state index contributed by atoms with van der Waals surface area (Å²) >= 11 is 0. The fourth-order valence-corrected chi connectivity index (χ4v) is 3.38. The number of carbonyl (C=O) groups is 2. The summed E-state index contributed by atoms with van der Waals surface area (Å²) in [7, 11) is 0. The van der Waals surface area contributed by atoms with Crippen LogP contribution in [-0.2, 0) is 17.6 Å². The first kappa shape index (κ1) is 15.6. The van der Waals surface area contributed by atoms with Gasteiger partial charge in [0.25, 0.3) is 0 Å². The van der Waals surface area contributed by atoms with Crippen LogP contribution < -0.4 is 0 Å². The Morgan fingerprint density at radius 3 is 2.60 bits per heavy atom. The Hall–Kier alpha value is -2.88. The Balaban J connectivity index is 1.43. The number of rotatable bonds is 4. The minimum Gasteiger partial charge on any atom is -0.453 e. The zero-order valence-corrected chi connectivity index (χ0v) is 13.9. The highest BCUT2D eigenvalue weighted by Crippen LogP contribution is 2.22. The Labute approximate surface area is 145 Å². The third kappa shape index (κ3) is 3.20. The number of carbonyl (C=O) groups excluding carboxylic acids is 2. The van der Waals surface area contributed by atoms with Gasteiger partial charge in [0, 0.05) is 16.5 Å². The fraction of sp³-hybridized carbons (Fsp3) is 0.238. The number of aromatic nitrogens is 1. The van der Waals surface area contributed by atoms with Crippen LogP contribution in [0.15, 0.2) is 48.5 Å². The lowest BCUT2D eigenvalue weighted by Crippen LogP contribution is -2.15. The fourth-order valence-electron chi connectivity index (χ4n) is 3.38. The predicted octanol–water partition coefficient (Wildman–Crippen LogP) is 4.09. The van der Waals surface area contributed by atoms with E-state index in [4.69, 9.17) is 4.74 Å². The van der Waals surface area contributed by atoms with E-state index in [2.05, 4.69) is 4.98 Å². The number of benzene rings is 2. The maximum Gasteiger partial charge on any atom is 0.355 e. The van der Waals surface area contributed by atoms with Crippen molar-refractivity contribution >= 4 is 22.7 Å². The van der Waals surface area contributed by atoms with Crippen LogP contribution in [0, 0.1) is 0 Å². The van der Waals surface area contributed by atoms with Gasteiger partial charge < -0.3 is 9.72 Å². The molecule has 0 radical (unpaired) electrons. The van der Waals surface area contributed by atoms with Gasteiger partial charge in [-0.05, 0) is 55.0 Å². The number of hydrogen-bond donors (Lipinski definition) is 1. The first-order chi connectivity index (χ1) is 12.2. The van der Waals surface area contributed by atoms with E-state index in [9.17, 15) is 9.59 Å². The molecule has 0 atom stereocenters. The first-order valence-electron chi connectivity index (χ1n) is 8.60. The molecule has 126 valence electrons. The van der Waals surface area contributed by atoms with Gasteiger partial charge in [0.1, 0.15) is 5.69 Å². The number of nitrogens with one attached hydrogen (secondary N) is 1. The van der Waals surface area contributed by atoms with Crippen LogP contribution in [0.4, 0.5) is 0 Å². The predicted molar refractivity (Wildman–Crippen MR) is 96.0 cm³/mol. The molecule has 4 rings (SSSR count). The molecule has 0 spiro atoms. The molecule has 1 aromatic heterocycles. The molecular formula is C21H19NO3. The lowest BCUT2D eigenvalue weighted by molar-refractivity contribution is 0.0470. The molecule has 3 aromatic rings. The number of hydrogen-bond acceptors (Lipinski definition) is 3. The smallest absolute Gasteiger partial charge is 0.355 e. The monoisotopic (exact) mass is 333 g/mol. The summed E-state index contributed by atoms with van der Waals surface area (Å²) in [6.45, 7) is -0.243. The Morgan fingerprint density at radius 1 is 0.960 bits per heavy atom. The number of aryl methyl sites for hydroxylation is 2. The number of para-hydroxylation sites is 1. The van der Waals surface area contributed by atoms with E-state index >= 15 is 0 Å². The Bertz CT molecular complexity index is 922. The molecule has 0 saturated heterocycles. The third-order valence-electron chi connectivity index (χ3n) is 4.75. The number of esters is 1. The summed E-state index contributed by atoms with van der Waals surface area (Å²) in [5.41, 5.74) is 4.43. The van der Waals surface area contributed by atoms with E-state index in [1.54, 1.807) is 6.07 Å².